The lowest BCUT2D eigenvalue weighted by Gasteiger charge is -2.33. The molecule has 0 spiro atoms. The molecule has 2 atom stereocenters. The Morgan fingerprint density at radius 2 is 2.17 bits per heavy atom. The summed E-state index contributed by atoms with van der Waals surface area (Å²) in [5.74, 6) is -1.05. The highest BCUT2D eigenvalue weighted by Crippen LogP contribution is 2.25. The molecule has 0 saturated carbocycles. The maximum Gasteiger partial charge on any atom is 0.222 e. The van der Waals surface area contributed by atoms with E-state index in [4.69, 9.17) is 4.74 Å². The van der Waals surface area contributed by atoms with Crippen LogP contribution in [0.15, 0.2) is 18.2 Å². The summed E-state index contributed by atoms with van der Waals surface area (Å²) in [5, 5.41) is 3.30. The molecule has 1 amide bonds. The number of nitrogens with zero attached hydrogens (tertiary/aromatic N) is 1. The van der Waals surface area contributed by atoms with Gasteiger partial charge in [-0.05, 0) is 49.5 Å². The van der Waals surface area contributed by atoms with Gasteiger partial charge in [-0.1, -0.05) is 6.07 Å². The van der Waals surface area contributed by atoms with Gasteiger partial charge in [0.05, 0.1) is 13.2 Å². The normalized spacial score (nSPS) is 23.8. The predicted octanol–water partition coefficient (Wildman–Crippen LogP) is 2.68. The molecule has 3 rings (SSSR count). The van der Waals surface area contributed by atoms with Gasteiger partial charge in [-0.3, -0.25) is 4.79 Å². The molecule has 2 unspecified atom stereocenters. The number of hydrogen-bond acceptors (Lipinski definition) is 3. The largest absolute Gasteiger partial charge is 0.370 e. The van der Waals surface area contributed by atoms with Gasteiger partial charge < -0.3 is 15.0 Å². The van der Waals surface area contributed by atoms with Crippen LogP contribution in [0.2, 0.25) is 0 Å². The van der Waals surface area contributed by atoms with Gasteiger partial charge in [-0.15, -0.1) is 12.4 Å². The van der Waals surface area contributed by atoms with Crippen molar-refractivity contribution in [2.75, 3.05) is 32.8 Å². The Morgan fingerprint density at radius 3 is 2.88 bits per heavy atom. The topological polar surface area (TPSA) is 41.6 Å². The van der Waals surface area contributed by atoms with Crippen LogP contribution in [0.3, 0.4) is 0 Å². The molecule has 2 fully saturated rings. The van der Waals surface area contributed by atoms with Crippen molar-refractivity contribution in [3.8, 4) is 0 Å². The minimum Gasteiger partial charge on any atom is -0.370 e. The molecule has 0 radical (unpaired) electrons. The van der Waals surface area contributed by atoms with Gasteiger partial charge in [0.25, 0.3) is 0 Å². The number of amides is 1. The zero-order valence-electron chi connectivity index (χ0n) is 13.5. The van der Waals surface area contributed by atoms with Crippen LogP contribution < -0.4 is 5.32 Å². The molecule has 134 valence electrons. The monoisotopic (exact) mass is 360 g/mol. The summed E-state index contributed by atoms with van der Waals surface area (Å²) in [7, 11) is 0. The van der Waals surface area contributed by atoms with Crippen molar-refractivity contribution >= 4 is 18.3 Å². The molecular formula is C17H23ClF2N2O2. The van der Waals surface area contributed by atoms with Crippen molar-refractivity contribution in [2.24, 2.45) is 5.92 Å². The van der Waals surface area contributed by atoms with E-state index in [9.17, 15) is 13.6 Å². The minimum absolute atomic E-state index is 0. The number of carbonyl (C=O) groups excluding carboxylic acids is 1. The van der Waals surface area contributed by atoms with E-state index in [-0.39, 0.29) is 18.3 Å². The van der Waals surface area contributed by atoms with Crippen LogP contribution in [0.1, 0.15) is 30.9 Å². The molecule has 24 heavy (non-hydrogen) atoms. The zero-order valence-corrected chi connectivity index (χ0v) is 14.3. The molecule has 2 saturated heterocycles. The highest BCUT2D eigenvalue weighted by molar-refractivity contribution is 5.85. The second kappa shape index (κ2) is 8.74. The molecule has 0 bridgehead atoms. The first kappa shape index (κ1) is 19.1. The van der Waals surface area contributed by atoms with Crippen LogP contribution in [0.25, 0.3) is 0 Å². The van der Waals surface area contributed by atoms with Crippen LogP contribution in [-0.2, 0) is 9.53 Å². The van der Waals surface area contributed by atoms with E-state index in [0.29, 0.717) is 37.6 Å². The van der Waals surface area contributed by atoms with Crippen molar-refractivity contribution in [1.82, 2.24) is 10.2 Å². The Labute approximate surface area is 147 Å². The second-order valence-corrected chi connectivity index (χ2v) is 6.27. The van der Waals surface area contributed by atoms with Crippen molar-refractivity contribution in [3.05, 3.63) is 35.4 Å². The Kier molecular flexibility index (Phi) is 6.95. The van der Waals surface area contributed by atoms with Gasteiger partial charge >= 0.3 is 0 Å². The van der Waals surface area contributed by atoms with E-state index < -0.39 is 17.7 Å². The SMILES string of the molecule is Cl.O=C(CCC1CCNC1)N1CCOC(c2ccc(F)c(F)c2)C1. The Morgan fingerprint density at radius 1 is 1.33 bits per heavy atom. The van der Waals surface area contributed by atoms with Crippen LogP contribution in [0.4, 0.5) is 8.78 Å². The van der Waals surface area contributed by atoms with E-state index in [1.165, 1.54) is 6.07 Å². The molecule has 0 aromatic heterocycles. The molecule has 0 aliphatic carbocycles. The van der Waals surface area contributed by atoms with Crippen molar-refractivity contribution in [3.63, 3.8) is 0 Å². The Bertz CT molecular complexity index is 568. The first-order chi connectivity index (χ1) is 11.1. The summed E-state index contributed by atoms with van der Waals surface area (Å²) in [4.78, 5) is 14.1. The van der Waals surface area contributed by atoms with E-state index in [0.717, 1.165) is 38.1 Å². The summed E-state index contributed by atoms with van der Waals surface area (Å²) < 4.78 is 32.0. The maximum absolute atomic E-state index is 13.4. The Balaban J connectivity index is 0.00000208. The zero-order chi connectivity index (χ0) is 16.2. The highest BCUT2D eigenvalue weighted by Gasteiger charge is 2.26. The third kappa shape index (κ3) is 4.65. The van der Waals surface area contributed by atoms with E-state index in [1.807, 2.05) is 0 Å². The fraction of sp³-hybridized carbons (Fsp3) is 0.588. The molecule has 2 aliphatic heterocycles. The highest BCUT2D eigenvalue weighted by atomic mass is 35.5. The van der Waals surface area contributed by atoms with Gasteiger partial charge in [0.2, 0.25) is 5.91 Å². The number of halogens is 3. The smallest absolute Gasteiger partial charge is 0.222 e. The maximum atomic E-state index is 13.4. The van der Waals surface area contributed by atoms with E-state index in [2.05, 4.69) is 5.32 Å². The van der Waals surface area contributed by atoms with E-state index in [1.54, 1.807) is 4.90 Å². The number of rotatable bonds is 4. The Hall–Kier alpha value is -1.24. The fourth-order valence-corrected chi connectivity index (χ4v) is 3.24. The molecule has 1 N–H and O–H groups in total. The molecule has 1 aromatic rings. The van der Waals surface area contributed by atoms with Gasteiger partial charge in [0, 0.05) is 13.0 Å². The molecule has 4 nitrogen and oxygen atoms in total. The van der Waals surface area contributed by atoms with Crippen molar-refractivity contribution in [2.45, 2.75) is 25.4 Å². The number of morpholine rings is 1. The summed E-state index contributed by atoms with van der Waals surface area (Å²) in [6, 6.07) is 3.77. The van der Waals surface area contributed by atoms with Crippen LogP contribution in [0, 0.1) is 17.6 Å². The second-order valence-electron chi connectivity index (χ2n) is 6.27. The predicted molar refractivity (Wildman–Crippen MR) is 89.1 cm³/mol. The lowest BCUT2D eigenvalue weighted by Crippen LogP contribution is -2.42. The van der Waals surface area contributed by atoms with E-state index >= 15 is 0 Å². The van der Waals surface area contributed by atoms with Crippen LogP contribution in [0.5, 0.6) is 0 Å². The van der Waals surface area contributed by atoms with Crippen molar-refractivity contribution in [1.29, 1.82) is 0 Å². The van der Waals surface area contributed by atoms with Crippen LogP contribution in [-0.4, -0.2) is 43.6 Å². The summed E-state index contributed by atoms with van der Waals surface area (Å²) >= 11 is 0. The first-order valence-electron chi connectivity index (χ1n) is 8.18. The van der Waals surface area contributed by atoms with Gasteiger partial charge in [-0.2, -0.15) is 0 Å². The third-order valence-electron chi connectivity index (χ3n) is 4.66. The standard InChI is InChI=1S/C17H22F2N2O2.ClH/c18-14-3-2-13(9-15(14)19)16-11-21(7-8-23-16)17(22)4-1-12-5-6-20-10-12;/h2-3,9,12,16,20H,1,4-8,10-11H2;1H. The van der Waals surface area contributed by atoms with Gasteiger partial charge in [0.1, 0.15) is 6.10 Å². The molecule has 2 aliphatic rings. The van der Waals surface area contributed by atoms with Crippen LogP contribution >= 0.6 is 12.4 Å². The van der Waals surface area contributed by atoms with Gasteiger partial charge in [-0.25, -0.2) is 8.78 Å². The third-order valence-corrected chi connectivity index (χ3v) is 4.66. The minimum atomic E-state index is -0.886. The fourth-order valence-electron chi connectivity index (χ4n) is 3.24. The molecule has 2 heterocycles. The summed E-state index contributed by atoms with van der Waals surface area (Å²) in [5.41, 5.74) is 0.571. The van der Waals surface area contributed by atoms with Crippen molar-refractivity contribution < 1.29 is 18.3 Å². The number of carbonyl (C=O) groups is 1. The number of nitrogens with one attached hydrogen (secondary N) is 1. The average molecular weight is 361 g/mol. The summed E-state index contributed by atoms with van der Waals surface area (Å²) in [6.45, 7) is 3.40. The summed E-state index contributed by atoms with van der Waals surface area (Å²) in [6.07, 6.45) is 2.18. The molecular weight excluding hydrogens is 338 g/mol. The molecule has 1 aromatic carbocycles. The lowest BCUT2D eigenvalue weighted by molar-refractivity contribution is -0.139. The number of hydrogen-bond donors (Lipinski definition) is 1. The quantitative estimate of drug-likeness (QED) is 0.897. The van der Waals surface area contributed by atoms with Gasteiger partial charge in [0.15, 0.2) is 11.6 Å². The first-order valence-corrected chi connectivity index (χ1v) is 8.18. The number of benzene rings is 1. The molecule has 7 heteroatoms. The lowest BCUT2D eigenvalue weighted by atomic mass is 10.0. The number of ether oxygens (including phenoxy) is 1. The average Bonchev–Trinajstić information content (AvgIpc) is 3.09.